The van der Waals surface area contributed by atoms with Crippen LogP contribution in [0.4, 0.5) is 0 Å². The molecule has 0 unspecified atom stereocenters. The first-order chi connectivity index (χ1) is 8.91. The molecule has 1 aromatic heterocycles. The Bertz CT molecular complexity index is 608. The van der Waals surface area contributed by atoms with E-state index >= 15 is 0 Å². The highest BCUT2D eigenvalue weighted by molar-refractivity contribution is 8.06. The molecule has 0 bridgehead atoms. The summed E-state index contributed by atoms with van der Waals surface area (Å²) in [5.41, 5.74) is 2.10. The van der Waals surface area contributed by atoms with Gasteiger partial charge in [0.25, 0.3) is 0 Å². The standard InChI is InChI=1S/C13H13ClN4S/c1-13(2,3)10-7-19-11(18-10)8(6-15)9-4-5-16-12(14)17-9/h4-5,7,18H,1-3H3. The number of allylic oxidation sites excluding steroid dienone is 2. The smallest absolute Gasteiger partial charge is 0.222 e. The number of halogens is 1. The molecule has 0 amide bonds. The van der Waals surface area contributed by atoms with Gasteiger partial charge in [-0.15, -0.1) is 0 Å². The summed E-state index contributed by atoms with van der Waals surface area (Å²) in [6.45, 7) is 6.34. The molecule has 0 atom stereocenters. The molecule has 1 aliphatic rings. The van der Waals surface area contributed by atoms with Gasteiger partial charge in [-0.3, -0.25) is 0 Å². The van der Waals surface area contributed by atoms with Crippen molar-refractivity contribution in [3.63, 3.8) is 0 Å². The maximum absolute atomic E-state index is 9.33. The van der Waals surface area contributed by atoms with Gasteiger partial charge < -0.3 is 5.32 Å². The van der Waals surface area contributed by atoms with E-state index in [9.17, 15) is 5.26 Å². The van der Waals surface area contributed by atoms with Crippen molar-refractivity contribution in [3.05, 3.63) is 39.4 Å². The average Bonchev–Trinajstić information content (AvgIpc) is 2.79. The second-order valence-electron chi connectivity index (χ2n) is 5.05. The second kappa shape index (κ2) is 5.24. The van der Waals surface area contributed by atoms with Crippen LogP contribution in [0.3, 0.4) is 0 Å². The number of hydrogen-bond donors (Lipinski definition) is 1. The van der Waals surface area contributed by atoms with Crippen LogP contribution in [0, 0.1) is 16.7 Å². The third-order valence-electron chi connectivity index (χ3n) is 2.57. The average molecular weight is 293 g/mol. The molecule has 0 fully saturated rings. The first-order valence-electron chi connectivity index (χ1n) is 5.69. The summed E-state index contributed by atoms with van der Waals surface area (Å²) < 4.78 is 0. The van der Waals surface area contributed by atoms with Crippen LogP contribution in [0.2, 0.25) is 5.28 Å². The number of aromatic nitrogens is 2. The van der Waals surface area contributed by atoms with Gasteiger partial charge in [-0.05, 0) is 23.1 Å². The van der Waals surface area contributed by atoms with Gasteiger partial charge in [0.1, 0.15) is 11.6 Å². The van der Waals surface area contributed by atoms with Crippen LogP contribution in [0.25, 0.3) is 5.57 Å². The Balaban J connectivity index is 2.35. The first kappa shape index (κ1) is 13.9. The molecule has 0 spiro atoms. The number of rotatable bonds is 1. The minimum atomic E-state index is 0.0125. The summed E-state index contributed by atoms with van der Waals surface area (Å²) in [5.74, 6) is 0. The third kappa shape index (κ3) is 3.09. The maximum Gasteiger partial charge on any atom is 0.222 e. The van der Waals surface area contributed by atoms with Crippen molar-refractivity contribution in [1.29, 1.82) is 5.26 Å². The lowest BCUT2D eigenvalue weighted by atomic mass is 9.93. The molecule has 1 N–H and O–H groups in total. The normalized spacial score (nSPS) is 17.5. The van der Waals surface area contributed by atoms with E-state index in [-0.39, 0.29) is 10.7 Å². The van der Waals surface area contributed by atoms with Gasteiger partial charge in [-0.25, -0.2) is 9.97 Å². The molecule has 0 saturated carbocycles. The molecule has 1 aliphatic heterocycles. The van der Waals surface area contributed by atoms with Crippen molar-refractivity contribution in [2.24, 2.45) is 5.41 Å². The number of thioether (sulfide) groups is 1. The predicted octanol–water partition coefficient (Wildman–Crippen LogP) is 3.55. The largest absolute Gasteiger partial charge is 0.351 e. The van der Waals surface area contributed by atoms with Crippen molar-refractivity contribution >= 4 is 28.9 Å². The van der Waals surface area contributed by atoms with E-state index in [0.717, 1.165) is 10.7 Å². The van der Waals surface area contributed by atoms with Crippen molar-refractivity contribution in [2.45, 2.75) is 20.8 Å². The Kier molecular flexibility index (Phi) is 3.83. The van der Waals surface area contributed by atoms with Crippen LogP contribution in [-0.2, 0) is 0 Å². The number of hydrogen-bond acceptors (Lipinski definition) is 5. The highest BCUT2D eigenvalue weighted by Crippen LogP contribution is 2.37. The van der Waals surface area contributed by atoms with E-state index in [1.165, 1.54) is 11.8 Å². The molecular weight excluding hydrogens is 280 g/mol. The molecule has 6 heteroatoms. The summed E-state index contributed by atoms with van der Waals surface area (Å²) in [4.78, 5) is 7.89. The van der Waals surface area contributed by atoms with E-state index in [1.807, 2.05) is 5.41 Å². The second-order valence-corrected chi connectivity index (χ2v) is 6.27. The lowest BCUT2D eigenvalue weighted by Gasteiger charge is -2.20. The summed E-state index contributed by atoms with van der Waals surface area (Å²) in [7, 11) is 0. The lowest BCUT2D eigenvalue weighted by molar-refractivity contribution is 0.481. The zero-order chi connectivity index (χ0) is 14.0. The van der Waals surface area contributed by atoms with Crippen LogP contribution in [0.5, 0.6) is 0 Å². The molecular formula is C13H13ClN4S. The van der Waals surface area contributed by atoms with Crippen LogP contribution in [0.15, 0.2) is 28.4 Å². The van der Waals surface area contributed by atoms with Gasteiger partial charge >= 0.3 is 0 Å². The molecule has 0 radical (unpaired) electrons. The molecule has 4 nitrogen and oxygen atoms in total. The van der Waals surface area contributed by atoms with E-state index < -0.39 is 0 Å². The zero-order valence-electron chi connectivity index (χ0n) is 10.9. The molecule has 0 aromatic carbocycles. The van der Waals surface area contributed by atoms with Crippen LogP contribution in [-0.4, -0.2) is 9.97 Å². The van der Waals surface area contributed by atoms with Gasteiger partial charge in [0.15, 0.2) is 0 Å². The molecule has 2 heterocycles. The lowest BCUT2D eigenvalue weighted by Crippen LogP contribution is -2.20. The topological polar surface area (TPSA) is 61.6 Å². The van der Waals surface area contributed by atoms with Crippen molar-refractivity contribution in [3.8, 4) is 6.07 Å². The SMILES string of the molecule is CC(C)(C)C1=CSC(=C(C#N)c2ccnc(Cl)n2)N1. The van der Waals surface area contributed by atoms with E-state index in [4.69, 9.17) is 11.6 Å². The fourth-order valence-corrected chi connectivity index (χ4v) is 2.72. The highest BCUT2D eigenvalue weighted by atomic mass is 35.5. The quantitative estimate of drug-likeness (QED) is 0.633. The third-order valence-corrected chi connectivity index (χ3v) is 3.65. The number of nitrogens with one attached hydrogen (secondary N) is 1. The van der Waals surface area contributed by atoms with Crippen molar-refractivity contribution < 1.29 is 0 Å². The van der Waals surface area contributed by atoms with Gasteiger partial charge in [0.2, 0.25) is 5.28 Å². The minimum absolute atomic E-state index is 0.0125. The Morgan fingerprint density at radius 2 is 2.21 bits per heavy atom. The predicted molar refractivity (Wildman–Crippen MR) is 77.8 cm³/mol. The number of nitrogens with zero attached hydrogens (tertiary/aromatic N) is 3. The number of nitriles is 1. The monoisotopic (exact) mass is 292 g/mol. The van der Waals surface area contributed by atoms with Crippen molar-refractivity contribution in [2.75, 3.05) is 0 Å². The summed E-state index contributed by atoms with van der Waals surface area (Å²) >= 11 is 7.25. The van der Waals surface area contributed by atoms with Crippen LogP contribution in [0.1, 0.15) is 26.5 Å². The molecule has 2 rings (SSSR count). The molecule has 0 aliphatic carbocycles. The summed E-state index contributed by atoms with van der Waals surface area (Å²) in [6, 6.07) is 3.85. The van der Waals surface area contributed by atoms with Gasteiger partial charge in [-0.2, -0.15) is 5.26 Å². The Morgan fingerprint density at radius 1 is 1.47 bits per heavy atom. The molecule has 0 saturated heterocycles. The summed E-state index contributed by atoms with van der Waals surface area (Å²) in [6.07, 6.45) is 1.54. The van der Waals surface area contributed by atoms with E-state index in [2.05, 4.69) is 42.1 Å². The van der Waals surface area contributed by atoms with Crippen LogP contribution < -0.4 is 5.32 Å². The van der Waals surface area contributed by atoms with E-state index in [1.54, 1.807) is 12.3 Å². The Labute approximate surface area is 121 Å². The van der Waals surface area contributed by atoms with Gasteiger partial charge in [0, 0.05) is 17.3 Å². The minimum Gasteiger partial charge on any atom is -0.351 e. The molecule has 98 valence electrons. The zero-order valence-corrected chi connectivity index (χ0v) is 12.4. The van der Waals surface area contributed by atoms with Crippen LogP contribution >= 0.6 is 23.4 Å². The van der Waals surface area contributed by atoms with Gasteiger partial charge in [0.05, 0.1) is 10.7 Å². The molecule has 19 heavy (non-hydrogen) atoms. The highest BCUT2D eigenvalue weighted by Gasteiger charge is 2.24. The summed E-state index contributed by atoms with van der Waals surface area (Å²) in [5, 5.41) is 15.5. The van der Waals surface area contributed by atoms with E-state index in [0.29, 0.717) is 11.3 Å². The fraction of sp³-hybridized carbons (Fsp3) is 0.308. The van der Waals surface area contributed by atoms with Gasteiger partial charge in [-0.1, -0.05) is 32.5 Å². The maximum atomic E-state index is 9.33. The Hall–Kier alpha value is -1.51. The van der Waals surface area contributed by atoms with Crippen molar-refractivity contribution in [1.82, 2.24) is 15.3 Å². The first-order valence-corrected chi connectivity index (χ1v) is 6.95. The Morgan fingerprint density at radius 3 is 2.74 bits per heavy atom. The molecule has 1 aromatic rings. The fourth-order valence-electron chi connectivity index (χ4n) is 1.48.